The van der Waals surface area contributed by atoms with Crippen molar-refractivity contribution < 1.29 is 49.4 Å². The normalized spacial score (nSPS) is 8.95. The molecule has 0 atom stereocenters. The van der Waals surface area contributed by atoms with Crippen LogP contribution in [0.2, 0.25) is 0 Å². The number of hydrogen-bond donors (Lipinski definition) is 2. The zero-order chi connectivity index (χ0) is 14.2. The Bertz CT molecular complexity index is 188. The van der Waals surface area contributed by atoms with Gasteiger partial charge in [0.25, 0.3) is 0 Å². The summed E-state index contributed by atoms with van der Waals surface area (Å²) in [4.78, 5) is 18.9. The molecule has 0 heterocycles. The van der Waals surface area contributed by atoms with Gasteiger partial charge in [-0.25, -0.2) is 0 Å². The molecule has 5 heteroatoms. The second kappa shape index (κ2) is 20.3. The Morgan fingerprint density at radius 2 is 1.21 bits per heavy atom. The molecule has 0 fully saturated rings. The van der Waals surface area contributed by atoms with Crippen LogP contribution in [0.5, 0.6) is 0 Å². The van der Waals surface area contributed by atoms with Gasteiger partial charge >= 0.3 is 41.5 Å². The van der Waals surface area contributed by atoms with Crippen molar-refractivity contribution in [1.29, 1.82) is 0 Å². The zero-order valence-corrected chi connectivity index (χ0v) is 14.5. The van der Waals surface area contributed by atoms with Gasteiger partial charge in [0.15, 0.2) is 0 Å². The zero-order valence-electron chi connectivity index (χ0n) is 12.5. The summed E-state index contributed by atoms with van der Waals surface area (Å²) in [6.45, 7) is 6.10. The molecule has 0 radical (unpaired) electrons. The Balaban J connectivity index is -0.000000280. The number of carbonyl (C=O) groups is 2. The Hall–Kier alpha value is -0.0600. The Morgan fingerprint density at radius 1 is 0.842 bits per heavy atom. The van der Waals surface area contributed by atoms with E-state index in [0.29, 0.717) is 0 Å². The predicted molar refractivity (Wildman–Crippen MR) is 72.5 cm³/mol. The summed E-state index contributed by atoms with van der Waals surface area (Å²) in [6, 6.07) is 0. The third kappa shape index (κ3) is 32.0. The van der Waals surface area contributed by atoms with Gasteiger partial charge in [0, 0.05) is 0 Å². The molecule has 0 amide bonds. The molecule has 108 valence electrons. The molecule has 0 spiro atoms. The van der Waals surface area contributed by atoms with Crippen LogP contribution in [0, 0.1) is 6.92 Å². The van der Waals surface area contributed by atoms with Crippen molar-refractivity contribution in [2.45, 2.75) is 71.1 Å². The maximum Gasteiger partial charge on any atom is 1.00 e. The minimum absolute atomic E-state index is 0. The van der Waals surface area contributed by atoms with Crippen LogP contribution in [0.1, 0.15) is 71.1 Å². The summed E-state index contributed by atoms with van der Waals surface area (Å²) >= 11 is 0. The molecule has 0 aliphatic heterocycles. The number of carboxylic acid groups (broad SMARTS) is 2. The molecule has 2 N–H and O–H groups in total. The average molecular weight is 282 g/mol. The first-order chi connectivity index (χ1) is 8.54. The minimum atomic E-state index is -1.31. The van der Waals surface area contributed by atoms with E-state index in [2.05, 4.69) is 13.8 Å². The van der Waals surface area contributed by atoms with Crippen LogP contribution in [-0.4, -0.2) is 22.2 Å². The third-order valence-electron chi connectivity index (χ3n) is 2.41. The van der Waals surface area contributed by atoms with Crippen LogP contribution in [-0.2, 0) is 9.59 Å². The van der Waals surface area contributed by atoms with Gasteiger partial charge in [-0.3, -0.25) is 9.59 Å². The fraction of sp³-hybridized carbons (Fsp3) is 0.786. The van der Waals surface area contributed by atoms with Crippen molar-refractivity contribution >= 4 is 11.9 Å². The second-order valence-corrected chi connectivity index (χ2v) is 4.29. The largest absolute Gasteiger partial charge is 1.00 e. The first-order valence-electron chi connectivity index (χ1n) is 6.77. The van der Waals surface area contributed by atoms with Crippen molar-refractivity contribution in [3.05, 3.63) is 6.92 Å². The van der Waals surface area contributed by atoms with Crippen molar-refractivity contribution in [3.8, 4) is 0 Å². The molecule has 0 aliphatic carbocycles. The van der Waals surface area contributed by atoms with Crippen LogP contribution in [0.25, 0.3) is 0 Å². The van der Waals surface area contributed by atoms with Crippen molar-refractivity contribution in [2.24, 2.45) is 0 Å². The average Bonchev–Trinajstić information content (AvgIpc) is 2.27. The van der Waals surface area contributed by atoms with Crippen LogP contribution in [0.15, 0.2) is 0 Å². The van der Waals surface area contributed by atoms with Crippen molar-refractivity contribution in [2.75, 3.05) is 0 Å². The summed E-state index contributed by atoms with van der Waals surface area (Å²) in [6.07, 6.45) is 11.6. The van der Waals surface area contributed by atoms with Gasteiger partial charge < -0.3 is 17.1 Å². The molecule has 0 bridgehead atoms. The molecule has 4 nitrogen and oxygen atoms in total. The van der Waals surface area contributed by atoms with Gasteiger partial charge in [-0.15, -0.1) is 0 Å². The molecule has 0 aromatic carbocycles. The summed E-state index contributed by atoms with van der Waals surface area (Å²) in [5.74, 6) is -2.62. The van der Waals surface area contributed by atoms with Gasteiger partial charge in [-0.05, 0) is 0 Å². The topological polar surface area (TPSA) is 74.6 Å². The molecular weight excluding hydrogens is 255 g/mol. The van der Waals surface area contributed by atoms with Crippen molar-refractivity contribution in [3.63, 3.8) is 0 Å². The number of hydrogen-bond acceptors (Lipinski definition) is 2. The van der Waals surface area contributed by atoms with E-state index in [1.807, 2.05) is 0 Å². The first kappa shape index (κ1) is 24.0. The van der Waals surface area contributed by atoms with E-state index < -0.39 is 18.4 Å². The van der Waals surface area contributed by atoms with E-state index in [1.54, 1.807) is 0 Å². The quantitative estimate of drug-likeness (QED) is 0.270. The molecule has 0 aromatic rings. The predicted octanol–water partition coefficient (Wildman–Crippen LogP) is 0.901. The van der Waals surface area contributed by atoms with Crippen LogP contribution in [0.4, 0.5) is 0 Å². The van der Waals surface area contributed by atoms with Gasteiger partial charge in [0.2, 0.25) is 0 Å². The van der Waals surface area contributed by atoms with Gasteiger partial charge in [-0.2, -0.15) is 6.42 Å². The number of carboxylic acids is 2. The molecule has 0 aromatic heterocycles. The third-order valence-corrected chi connectivity index (χ3v) is 2.41. The van der Waals surface area contributed by atoms with E-state index in [0.717, 1.165) is 6.42 Å². The fourth-order valence-electron chi connectivity index (χ4n) is 1.44. The number of aliphatic carboxylic acids is 2. The Kier molecular flexibility index (Phi) is 25.6. The molecule has 0 aliphatic rings. The monoisotopic (exact) mass is 282 g/mol. The number of rotatable bonds is 10. The molecular formula is C14H27NaO4. The summed E-state index contributed by atoms with van der Waals surface area (Å²) in [5.41, 5.74) is 0. The van der Waals surface area contributed by atoms with E-state index in [-0.39, 0.29) is 29.6 Å². The van der Waals surface area contributed by atoms with Crippen LogP contribution in [0.3, 0.4) is 0 Å². The molecule has 0 unspecified atom stereocenters. The summed E-state index contributed by atoms with van der Waals surface area (Å²) < 4.78 is 0. The second-order valence-electron chi connectivity index (χ2n) is 4.29. The molecule has 0 saturated carbocycles. The van der Waals surface area contributed by atoms with Crippen LogP contribution < -0.4 is 29.6 Å². The standard InChI is InChI=1S/C11H23.C3H4O4.Na/c1-3-5-7-9-11-10-8-6-4-2;4-2(5)1-3(6)7;/h1,3-11H2,2H3;1H2,(H,4,5)(H,6,7);/q-1;;+1. The van der Waals surface area contributed by atoms with Gasteiger partial charge in [0.05, 0.1) is 0 Å². The maximum atomic E-state index is 9.43. The van der Waals surface area contributed by atoms with E-state index in [1.165, 1.54) is 51.4 Å². The molecule has 0 rings (SSSR count). The van der Waals surface area contributed by atoms with E-state index in [4.69, 9.17) is 10.2 Å². The van der Waals surface area contributed by atoms with Crippen molar-refractivity contribution in [1.82, 2.24) is 0 Å². The Morgan fingerprint density at radius 3 is 1.47 bits per heavy atom. The van der Waals surface area contributed by atoms with E-state index >= 15 is 0 Å². The van der Waals surface area contributed by atoms with Gasteiger partial charge in [0.1, 0.15) is 6.42 Å². The van der Waals surface area contributed by atoms with E-state index in [9.17, 15) is 9.59 Å². The summed E-state index contributed by atoms with van der Waals surface area (Å²) in [7, 11) is 0. The fourth-order valence-corrected chi connectivity index (χ4v) is 1.44. The smallest absolute Gasteiger partial charge is 0.481 e. The SMILES string of the molecule is O=C(O)CC(=O)O.[CH2-]CCCCCCCCCC.[Na+]. The molecule has 19 heavy (non-hydrogen) atoms. The number of unbranched alkanes of at least 4 members (excludes halogenated alkanes) is 8. The summed E-state index contributed by atoms with van der Waals surface area (Å²) in [5, 5.41) is 15.4. The maximum absolute atomic E-state index is 9.43. The molecule has 0 saturated heterocycles. The van der Waals surface area contributed by atoms with Gasteiger partial charge in [-0.1, -0.05) is 58.3 Å². The Labute approximate surface area is 139 Å². The van der Waals surface area contributed by atoms with Crippen LogP contribution >= 0.6 is 0 Å². The first-order valence-corrected chi connectivity index (χ1v) is 6.77. The minimum Gasteiger partial charge on any atom is -0.481 e.